The van der Waals surface area contributed by atoms with E-state index in [-0.39, 0.29) is 42.2 Å². The van der Waals surface area contributed by atoms with Gasteiger partial charge in [0.15, 0.2) is 69.0 Å². The van der Waals surface area contributed by atoms with Crippen molar-refractivity contribution in [3.8, 4) is 142 Å². The zero-order valence-electron chi connectivity index (χ0n) is 72.4. The molecule has 0 aromatic heterocycles. The molecular formula is C100H100Cl7F3N6O13. The van der Waals surface area contributed by atoms with Gasteiger partial charge in [0.05, 0.1) is 27.7 Å². The van der Waals surface area contributed by atoms with Crippen LogP contribution in [-0.4, -0.2) is 189 Å². The van der Waals surface area contributed by atoms with Crippen LogP contribution in [0.15, 0.2) is 237 Å². The molecule has 6 heterocycles. The number of fused-ring (bicyclic) bond motifs is 6. The smallest absolute Gasteiger partial charge is 0.417 e. The van der Waals surface area contributed by atoms with Crippen LogP contribution in [0.25, 0.3) is 66.8 Å². The Bertz CT molecular complexity index is 5790. The molecule has 0 spiro atoms. The molecule has 0 radical (unpaired) electrons. The van der Waals surface area contributed by atoms with E-state index in [4.69, 9.17) is 143 Å². The van der Waals surface area contributed by atoms with Crippen molar-refractivity contribution >= 4 is 81.2 Å². The molecule has 0 saturated heterocycles. The summed E-state index contributed by atoms with van der Waals surface area (Å²) in [5.41, 5.74) is 8.99. The fourth-order valence-corrected chi connectivity index (χ4v) is 16.6. The highest BCUT2D eigenvalue weighted by molar-refractivity contribution is 6.44. The van der Waals surface area contributed by atoms with E-state index >= 15 is 0 Å². The molecule has 12 aromatic rings. The van der Waals surface area contributed by atoms with Gasteiger partial charge in [-0.25, -0.2) is 0 Å². The van der Waals surface area contributed by atoms with Crippen LogP contribution in [0, 0.1) is 0 Å². The molecule has 0 saturated carbocycles. The van der Waals surface area contributed by atoms with Crippen LogP contribution in [0.3, 0.4) is 0 Å². The molecule has 0 amide bonds. The maximum atomic E-state index is 13.3. The van der Waals surface area contributed by atoms with Crippen molar-refractivity contribution in [2.45, 2.75) is 42.8 Å². The van der Waals surface area contributed by atoms with Gasteiger partial charge in [-0.05, 0) is 153 Å². The Balaban J connectivity index is 0.000000132. The second kappa shape index (κ2) is 45.9. The van der Waals surface area contributed by atoms with Gasteiger partial charge in [0, 0.05) is 121 Å². The number of nitrogens with one attached hydrogen (secondary N) is 4. The highest BCUT2D eigenvalue weighted by atomic mass is 35.5. The number of hydrogen-bond acceptors (Lipinski definition) is 19. The van der Waals surface area contributed by atoms with Gasteiger partial charge >= 0.3 is 6.18 Å². The normalized spacial score (nSPS) is 16.9. The first-order valence-electron chi connectivity index (χ1n) is 41.7. The van der Waals surface area contributed by atoms with Crippen molar-refractivity contribution in [2.24, 2.45) is 0 Å². The molecular weight excluding hydrogens is 1800 g/mol. The number of likely N-dealkylation sites (N-methyl/N-ethyl adjacent to an activating group) is 6. The predicted octanol–water partition coefficient (Wildman–Crippen LogP) is 22.6. The number of methoxy groups -OCH3 is 1. The molecule has 6 aliphatic heterocycles. The molecule has 0 bridgehead atoms. The third-order valence-electron chi connectivity index (χ3n) is 20.8. The third-order valence-corrected chi connectivity index (χ3v) is 23.0. The van der Waals surface area contributed by atoms with Gasteiger partial charge in [-0.3, -0.25) is 0 Å². The lowest BCUT2D eigenvalue weighted by Gasteiger charge is -2.30. The highest BCUT2D eigenvalue weighted by Crippen LogP contribution is 2.51. The lowest BCUT2D eigenvalue weighted by Crippen LogP contribution is -2.38. The minimum atomic E-state index is -4.43. The second-order valence-corrected chi connectivity index (χ2v) is 33.8. The molecule has 29 heteroatoms. The van der Waals surface area contributed by atoms with Gasteiger partial charge in [0.2, 0.25) is 0 Å². The summed E-state index contributed by atoms with van der Waals surface area (Å²) in [5.74, 6) is 9.16. The minimum Gasteiger partial charge on any atom is -0.496 e. The van der Waals surface area contributed by atoms with E-state index in [1.165, 1.54) is 12.1 Å². The SMILES string of the molecule is CN(C)CC1COc2cccc(-c3cc(Cl)ccc3Cl)c2O1.CN(C)CC1COc2cccc(-c3ccc(Cl)cc3Cl)c2O1.CNCC1COc2cccc(-c3cccc(Cl)c3Cl)c2O1.CNCC1COc2cccc(-c3ccccc3C(F)(F)F)c2O1.CNCC1COc2cccc(-c3ccccc3Cl)c2O1.CNCC1COc2cccc(-c3ccccc3OC)c2O1. The second-order valence-electron chi connectivity index (χ2n) is 30.9. The van der Waals surface area contributed by atoms with E-state index in [0.717, 1.165) is 152 Å². The van der Waals surface area contributed by atoms with E-state index in [1.54, 1.807) is 62.7 Å². The summed E-state index contributed by atoms with van der Waals surface area (Å²) < 4.78 is 116. The van der Waals surface area contributed by atoms with Crippen LogP contribution in [0.2, 0.25) is 35.2 Å². The van der Waals surface area contributed by atoms with Gasteiger partial charge < -0.3 is 92.6 Å². The summed E-state index contributed by atoms with van der Waals surface area (Å²) in [7, 11) is 17.2. The van der Waals surface area contributed by atoms with Crippen molar-refractivity contribution in [3.63, 3.8) is 0 Å². The van der Waals surface area contributed by atoms with E-state index in [9.17, 15) is 13.2 Å². The Hall–Kier alpha value is -10.4. The van der Waals surface area contributed by atoms with Gasteiger partial charge in [0.25, 0.3) is 0 Å². The van der Waals surface area contributed by atoms with Gasteiger partial charge in [-0.2, -0.15) is 13.2 Å². The van der Waals surface area contributed by atoms with Crippen molar-refractivity contribution in [3.05, 3.63) is 277 Å². The average molecular weight is 1900 g/mol. The Morgan fingerprint density at radius 3 is 0.992 bits per heavy atom. The lowest BCUT2D eigenvalue weighted by atomic mass is 9.98. The number of hydrogen-bond donors (Lipinski definition) is 4. The molecule has 12 aromatic carbocycles. The number of ether oxygens (including phenoxy) is 13. The number of alkyl halides is 3. The summed E-state index contributed by atoms with van der Waals surface area (Å²) in [6, 6.07) is 71.8. The summed E-state index contributed by atoms with van der Waals surface area (Å²) in [6.07, 6.45) is -4.70. The molecule has 0 fully saturated rings. The number of halogens is 10. The van der Waals surface area contributed by atoms with Gasteiger partial charge in [0.1, 0.15) is 82.0 Å². The predicted molar refractivity (Wildman–Crippen MR) is 510 cm³/mol. The topological polar surface area (TPSA) is 175 Å². The van der Waals surface area contributed by atoms with Gasteiger partial charge in [-0.15, -0.1) is 0 Å². The molecule has 4 N–H and O–H groups in total. The van der Waals surface area contributed by atoms with Gasteiger partial charge in [-0.1, -0.05) is 227 Å². The van der Waals surface area contributed by atoms with E-state index in [0.29, 0.717) is 104 Å². The maximum Gasteiger partial charge on any atom is 0.417 e. The van der Waals surface area contributed by atoms with Crippen LogP contribution < -0.4 is 82.8 Å². The number of para-hydroxylation sites is 7. The fourth-order valence-electron chi connectivity index (χ4n) is 15.0. The molecule has 6 aliphatic rings. The maximum absolute atomic E-state index is 13.3. The Morgan fingerprint density at radius 1 is 0.302 bits per heavy atom. The van der Waals surface area contributed by atoms with Crippen molar-refractivity contribution in [2.75, 3.05) is 142 Å². The standard InChI is InChI=1S/2C17H17Cl2NO2.C17H16F3NO2.C17H19NO3.C16H15Cl2NO2.C16H16ClNO2/c1-20(2)9-12-10-21-16-5-3-4-14(17(16)22-12)13-7-6-11(18)8-15(13)19;1-20(2)9-12-10-21-16-5-3-4-13(17(16)22-12)14-8-11(18)6-7-15(14)19;1-21-9-11-10-22-15-8-4-6-13(16(15)23-11)12-5-2-3-7-14(12)17(18,19)20;1-18-10-12-11-20-16-9-5-7-14(17(16)21-12)13-6-3-4-8-15(13)19-2;1-19-8-10-9-20-14-7-3-5-12(16(14)21-10)11-4-2-6-13(17)15(11)18;1-18-9-11-10-19-15-8-4-6-13(16(15)20-11)12-5-2-3-7-14(12)17/h2*3-8,12H,9-10H2,1-2H3;2-8,11,21H,9-10H2,1H3;3-9,12,18H,10-11H2,1-2H3;2-7,10,19H,8-9H2,1H3;2-8,11,18H,9-10H2,1H3. The minimum absolute atomic E-state index is 0.00488. The summed E-state index contributed by atoms with van der Waals surface area (Å²) >= 11 is 43.5. The quantitative estimate of drug-likeness (QED) is 0.0601. The van der Waals surface area contributed by atoms with E-state index in [2.05, 4.69) is 31.1 Å². The molecule has 19 nitrogen and oxygen atoms in total. The van der Waals surface area contributed by atoms with Crippen molar-refractivity contribution in [1.29, 1.82) is 0 Å². The number of rotatable bonds is 19. The van der Waals surface area contributed by atoms with E-state index in [1.807, 2.05) is 219 Å². The fraction of sp³-hybridized carbons (Fsp3) is 0.280. The number of nitrogens with zero attached hydrogens (tertiary/aromatic N) is 2. The van der Waals surface area contributed by atoms with Crippen molar-refractivity contribution in [1.82, 2.24) is 31.1 Å². The summed E-state index contributed by atoms with van der Waals surface area (Å²) in [4.78, 5) is 4.16. The molecule has 6 atom stereocenters. The third kappa shape index (κ3) is 24.6. The highest BCUT2D eigenvalue weighted by Gasteiger charge is 2.37. The first kappa shape index (κ1) is 96.2. The summed E-state index contributed by atoms with van der Waals surface area (Å²) in [5, 5.41) is 16.5. The Kier molecular flexibility index (Phi) is 34.2. The van der Waals surface area contributed by atoms with Crippen LogP contribution in [0.5, 0.6) is 74.7 Å². The first-order valence-corrected chi connectivity index (χ1v) is 44.4. The first-order chi connectivity index (χ1) is 62.4. The van der Waals surface area contributed by atoms with Crippen LogP contribution in [0.1, 0.15) is 5.56 Å². The molecule has 6 unspecified atom stereocenters. The molecule has 0 aliphatic carbocycles. The summed E-state index contributed by atoms with van der Waals surface area (Å²) in [6.45, 7) is 7.43. The van der Waals surface area contributed by atoms with Crippen molar-refractivity contribution < 1.29 is 74.8 Å². The zero-order valence-corrected chi connectivity index (χ0v) is 77.7. The number of benzene rings is 12. The largest absolute Gasteiger partial charge is 0.496 e. The lowest BCUT2D eigenvalue weighted by molar-refractivity contribution is -0.137. The van der Waals surface area contributed by atoms with Crippen LogP contribution >= 0.6 is 81.2 Å². The molecule has 18 rings (SSSR count). The van der Waals surface area contributed by atoms with E-state index < -0.39 is 11.7 Å². The Morgan fingerprint density at radius 2 is 0.597 bits per heavy atom. The molecule has 678 valence electrons. The van der Waals surface area contributed by atoms with Crippen LogP contribution in [-0.2, 0) is 6.18 Å². The Labute approximate surface area is 785 Å². The average Bonchev–Trinajstić information content (AvgIpc) is 0.776. The molecule has 129 heavy (non-hydrogen) atoms. The zero-order chi connectivity index (χ0) is 91.3. The monoisotopic (exact) mass is 1890 g/mol. The van der Waals surface area contributed by atoms with Crippen LogP contribution in [0.4, 0.5) is 13.2 Å².